The number of hydrogen-bond acceptors (Lipinski definition) is 5. The molecule has 3 aromatic rings. The fourth-order valence-electron chi connectivity index (χ4n) is 2.49. The number of carbonyl (C=O) groups excluding carboxylic acids is 1. The molecule has 0 saturated heterocycles. The number of nitrogens with one attached hydrogen (secondary N) is 1. The van der Waals surface area contributed by atoms with Gasteiger partial charge in [0, 0.05) is 22.9 Å². The molecule has 0 aliphatic rings. The second kappa shape index (κ2) is 7.42. The molecule has 0 atom stereocenters. The predicted molar refractivity (Wildman–Crippen MR) is 108 cm³/mol. The number of amides is 1. The number of benzene rings is 1. The summed E-state index contributed by atoms with van der Waals surface area (Å²) >= 11 is 0. The van der Waals surface area contributed by atoms with Crippen LogP contribution in [-0.2, 0) is 4.79 Å². The van der Waals surface area contributed by atoms with Crippen molar-refractivity contribution < 1.29 is 9.53 Å². The van der Waals surface area contributed by atoms with Gasteiger partial charge in [-0.1, -0.05) is 20.8 Å². The number of aromatic nitrogens is 4. The average molecular weight is 379 g/mol. The first kappa shape index (κ1) is 19.5. The van der Waals surface area contributed by atoms with Crippen LogP contribution >= 0.6 is 0 Å². The van der Waals surface area contributed by atoms with Crippen molar-refractivity contribution in [1.29, 1.82) is 0 Å². The summed E-state index contributed by atoms with van der Waals surface area (Å²) in [6, 6.07) is 8.91. The highest BCUT2D eigenvalue weighted by Crippen LogP contribution is 2.24. The normalized spacial score (nSPS) is 11.4. The molecule has 0 saturated carbocycles. The summed E-state index contributed by atoms with van der Waals surface area (Å²) in [6.45, 7) is 11.6. The van der Waals surface area contributed by atoms with Crippen molar-refractivity contribution in [2.45, 2.75) is 41.5 Å². The lowest BCUT2D eigenvalue weighted by molar-refractivity contribution is -0.123. The molecule has 1 amide bonds. The highest BCUT2D eigenvalue weighted by atomic mass is 16.5. The summed E-state index contributed by atoms with van der Waals surface area (Å²) in [6.07, 6.45) is 1.45. The van der Waals surface area contributed by atoms with Crippen LogP contribution in [0.25, 0.3) is 5.82 Å². The number of nitrogens with zero attached hydrogens (tertiary/aromatic N) is 4. The van der Waals surface area contributed by atoms with Crippen LogP contribution in [0.4, 0.5) is 5.69 Å². The van der Waals surface area contributed by atoms with E-state index in [4.69, 9.17) is 4.74 Å². The summed E-state index contributed by atoms with van der Waals surface area (Å²) in [7, 11) is 0. The summed E-state index contributed by atoms with van der Waals surface area (Å²) in [4.78, 5) is 20.5. The highest BCUT2D eigenvalue weighted by molar-refractivity contribution is 5.94. The fourth-order valence-corrected chi connectivity index (χ4v) is 2.49. The number of anilines is 1. The van der Waals surface area contributed by atoms with Gasteiger partial charge in [0.2, 0.25) is 11.8 Å². The van der Waals surface area contributed by atoms with Crippen molar-refractivity contribution in [3.05, 3.63) is 53.6 Å². The summed E-state index contributed by atoms with van der Waals surface area (Å²) in [5.41, 5.74) is 3.39. The van der Waals surface area contributed by atoms with Gasteiger partial charge in [0.25, 0.3) is 0 Å². The fraction of sp³-hybridized carbons (Fsp3) is 0.333. The van der Waals surface area contributed by atoms with Crippen molar-refractivity contribution in [2.75, 3.05) is 5.32 Å². The second-order valence-corrected chi connectivity index (χ2v) is 7.75. The van der Waals surface area contributed by atoms with Gasteiger partial charge in [-0.25, -0.2) is 14.6 Å². The molecule has 0 aliphatic carbocycles. The van der Waals surface area contributed by atoms with Gasteiger partial charge in [-0.3, -0.25) is 4.79 Å². The molecule has 0 spiro atoms. The summed E-state index contributed by atoms with van der Waals surface area (Å²) in [5, 5.41) is 7.40. The van der Waals surface area contributed by atoms with E-state index in [1.54, 1.807) is 35.0 Å². The lowest BCUT2D eigenvalue weighted by atomic mass is 9.95. The zero-order chi connectivity index (χ0) is 20.5. The van der Waals surface area contributed by atoms with Gasteiger partial charge < -0.3 is 10.1 Å². The van der Waals surface area contributed by atoms with E-state index >= 15 is 0 Å². The third-order valence-electron chi connectivity index (χ3n) is 4.51. The first-order valence-electron chi connectivity index (χ1n) is 9.10. The maximum Gasteiger partial charge on any atom is 0.229 e. The Labute approximate surface area is 164 Å². The van der Waals surface area contributed by atoms with Crippen molar-refractivity contribution >= 4 is 11.6 Å². The lowest BCUT2D eigenvalue weighted by Crippen LogP contribution is -2.27. The van der Waals surface area contributed by atoms with E-state index in [0.29, 0.717) is 23.1 Å². The Balaban J connectivity index is 1.76. The molecule has 0 unspecified atom stereocenters. The van der Waals surface area contributed by atoms with Gasteiger partial charge in [-0.05, 0) is 50.6 Å². The number of aryl methyl sites for hydroxylation is 1. The third kappa shape index (κ3) is 4.19. The van der Waals surface area contributed by atoms with E-state index in [9.17, 15) is 4.79 Å². The molecule has 1 aromatic carbocycles. The van der Waals surface area contributed by atoms with Gasteiger partial charge in [-0.2, -0.15) is 5.10 Å². The first-order chi connectivity index (χ1) is 13.1. The molecule has 7 heteroatoms. The monoisotopic (exact) mass is 379 g/mol. The number of ether oxygens (including phenoxy) is 1. The molecule has 1 N–H and O–H groups in total. The van der Waals surface area contributed by atoms with E-state index in [1.807, 2.05) is 41.5 Å². The Morgan fingerprint density at radius 2 is 1.75 bits per heavy atom. The topological polar surface area (TPSA) is 81.9 Å². The Morgan fingerprint density at radius 1 is 1.07 bits per heavy atom. The highest BCUT2D eigenvalue weighted by Gasteiger charge is 2.21. The molecule has 2 aromatic heterocycles. The van der Waals surface area contributed by atoms with Crippen LogP contribution in [-0.4, -0.2) is 25.7 Å². The van der Waals surface area contributed by atoms with E-state index in [-0.39, 0.29) is 5.91 Å². The molecule has 0 bridgehead atoms. The molecule has 0 fully saturated rings. The quantitative estimate of drug-likeness (QED) is 0.728. The minimum absolute atomic E-state index is 0.0400. The smallest absolute Gasteiger partial charge is 0.229 e. The molecule has 0 aliphatic heterocycles. The van der Waals surface area contributed by atoms with Crippen molar-refractivity contribution in [3.8, 4) is 17.4 Å². The Bertz CT molecular complexity index is 1000. The lowest BCUT2D eigenvalue weighted by Gasteiger charge is -2.17. The van der Waals surface area contributed by atoms with E-state index in [1.165, 1.54) is 6.33 Å². The Hall–Kier alpha value is -3.22. The molecular formula is C21H25N5O2. The largest absolute Gasteiger partial charge is 0.439 e. The average Bonchev–Trinajstić information content (AvgIpc) is 2.90. The molecule has 3 rings (SSSR count). The number of hydrogen-bond donors (Lipinski definition) is 1. The van der Waals surface area contributed by atoms with Crippen LogP contribution in [0.5, 0.6) is 11.6 Å². The molecule has 0 radical (unpaired) electrons. The summed E-state index contributed by atoms with van der Waals surface area (Å²) in [5.74, 6) is 1.64. The first-order valence-corrected chi connectivity index (χ1v) is 9.10. The predicted octanol–water partition coefficient (Wildman–Crippen LogP) is 4.36. The zero-order valence-corrected chi connectivity index (χ0v) is 17.1. The molecular weight excluding hydrogens is 354 g/mol. The summed E-state index contributed by atoms with van der Waals surface area (Å²) < 4.78 is 7.62. The van der Waals surface area contributed by atoms with Gasteiger partial charge in [0.05, 0.1) is 5.69 Å². The molecule has 2 heterocycles. The third-order valence-corrected chi connectivity index (χ3v) is 4.51. The van der Waals surface area contributed by atoms with Crippen LogP contribution in [0.1, 0.15) is 37.7 Å². The van der Waals surface area contributed by atoms with Crippen LogP contribution in [0, 0.1) is 26.2 Å². The van der Waals surface area contributed by atoms with E-state index in [2.05, 4.69) is 20.4 Å². The maximum absolute atomic E-state index is 12.1. The van der Waals surface area contributed by atoms with Gasteiger partial charge in [0.1, 0.15) is 12.1 Å². The zero-order valence-electron chi connectivity index (χ0n) is 17.1. The number of carbonyl (C=O) groups is 1. The van der Waals surface area contributed by atoms with Gasteiger partial charge in [-0.15, -0.1) is 0 Å². The van der Waals surface area contributed by atoms with E-state index < -0.39 is 5.41 Å². The van der Waals surface area contributed by atoms with Crippen LogP contribution < -0.4 is 10.1 Å². The van der Waals surface area contributed by atoms with Gasteiger partial charge in [0.15, 0.2) is 5.82 Å². The molecule has 146 valence electrons. The minimum Gasteiger partial charge on any atom is -0.439 e. The molecule has 7 nitrogen and oxygen atoms in total. The van der Waals surface area contributed by atoms with Crippen molar-refractivity contribution in [1.82, 2.24) is 19.7 Å². The number of rotatable bonds is 4. The SMILES string of the molecule is Cc1nn(-c2cc(Oc3ccc(NC(=O)C(C)(C)C)cc3)ncn2)c(C)c1C. The van der Waals surface area contributed by atoms with Gasteiger partial charge >= 0.3 is 0 Å². The van der Waals surface area contributed by atoms with Crippen molar-refractivity contribution in [2.24, 2.45) is 5.41 Å². The standard InChI is InChI=1S/C21H25N5O2/c1-13-14(2)25-26(15(13)3)18-11-19(23-12-22-18)28-17-9-7-16(8-10-17)24-20(27)21(4,5)6/h7-12H,1-6H3,(H,24,27). The Morgan fingerprint density at radius 3 is 2.32 bits per heavy atom. The van der Waals surface area contributed by atoms with Crippen LogP contribution in [0.2, 0.25) is 0 Å². The van der Waals surface area contributed by atoms with Crippen LogP contribution in [0.15, 0.2) is 36.7 Å². The van der Waals surface area contributed by atoms with Crippen LogP contribution in [0.3, 0.4) is 0 Å². The maximum atomic E-state index is 12.1. The Kier molecular flexibility index (Phi) is 5.18. The van der Waals surface area contributed by atoms with Crippen molar-refractivity contribution in [3.63, 3.8) is 0 Å². The minimum atomic E-state index is -0.451. The second-order valence-electron chi connectivity index (χ2n) is 7.75. The molecule has 28 heavy (non-hydrogen) atoms. The van der Waals surface area contributed by atoms with E-state index in [0.717, 1.165) is 17.0 Å².